The molecular formula is C12H14N2O3. The third kappa shape index (κ3) is 3.11. The Labute approximate surface area is 99.5 Å². The number of anilines is 1. The second-order valence-electron chi connectivity index (χ2n) is 3.35. The number of ether oxygens (including phenoxy) is 1. The number of carbonyl (C=O) groups is 2. The molecule has 5 heteroatoms. The van der Waals surface area contributed by atoms with Gasteiger partial charge in [0, 0.05) is 11.9 Å². The molecule has 17 heavy (non-hydrogen) atoms. The van der Waals surface area contributed by atoms with E-state index in [1.807, 2.05) is 0 Å². The van der Waals surface area contributed by atoms with Crippen molar-refractivity contribution in [1.82, 2.24) is 4.98 Å². The summed E-state index contributed by atoms with van der Waals surface area (Å²) in [7, 11) is 0. The zero-order valence-corrected chi connectivity index (χ0v) is 9.79. The van der Waals surface area contributed by atoms with Crippen LogP contribution in [0.2, 0.25) is 0 Å². The predicted molar refractivity (Wildman–Crippen MR) is 63.6 cm³/mol. The third-order valence-electron chi connectivity index (χ3n) is 2.09. The number of nitrogens with one attached hydrogen (secondary N) is 2. The highest BCUT2D eigenvalue weighted by molar-refractivity contribution is 6.02. The van der Waals surface area contributed by atoms with E-state index < -0.39 is 5.97 Å². The molecule has 0 unspecified atom stereocenters. The van der Waals surface area contributed by atoms with E-state index in [4.69, 9.17) is 11.2 Å². The van der Waals surface area contributed by atoms with Gasteiger partial charge in [-0.1, -0.05) is 5.92 Å². The molecule has 2 N–H and O–H groups in total. The van der Waals surface area contributed by atoms with E-state index in [0.717, 1.165) is 0 Å². The number of hydrogen-bond acceptors (Lipinski definition) is 3. The molecule has 0 bridgehead atoms. The van der Waals surface area contributed by atoms with E-state index >= 15 is 0 Å². The number of esters is 1. The maximum absolute atomic E-state index is 11.7. The second kappa shape index (κ2) is 5.75. The van der Waals surface area contributed by atoms with Crippen LogP contribution >= 0.6 is 0 Å². The number of H-pyrrole nitrogens is 1. The number of aromatic nitrogens is 1. The van der Waals surface area contributed by atoms with Gasteiger partial charge in [-0.05, 0) is 13.8 Å². The normalized spacial score (nSPS) is 9.47. The molecule has 0 atom stereocenters. The van der Waals surface area contributed by atoms with E-state index in [1.165, 1.54) is 6.20 Å². The Morgan fingerprint density at radius 2 is 2.29 bits per heavy atom. The molecule has 5 nitrogen and oxygen atoms in total. The lowest BCUT2D eigenvalue weighted by Gasteiger charge is -2.05. The van der Waals surface area contributed by atoms with Crippen LogP contribution in [0.3, 0.4) is 0 Å². The third-order valence-corrected chi connectivity index (χ3v) is 2.09. The smallest absolute Gasteiger partial charge is 0.342 e. The lowest BCUT2D eigenvalue weighted by molar-refractivity contribution is -0.115. The Balaban J connectivity index is 2.90. The maximum atomic E-state index is 11.7. The molecule has 0 fully saturated rings. The molecule has 1 aromatic heterocycles. The van der Waals surface area contributed by atoms with Crippen LogP contribution in [-0.2, 0) is 9.53 Å². The fourth-order valence-corrected chi connectivity index (χ4v) is 1.38. The number of carbonyl (C=O) groups excluding carboxylic acids is 2. The Morgan fingerprint density at radius 3 is 2.88 bits per heavy atom. The average molecular weight is 234 g/mol. The van der Waals surface area contributed by atoms with Crippen molar-refractivity contribution in [3.05, 3.63) is 17.5 Å². The zero-order chi connectivity index (χ0) is 12.8. The largest absolute Gasteiger partial charge is 0.462 e. The molecule has 0 aliphatic rings. The number of amides is 1. The number of aryl methyl sites for hydroxylation is 1. The summed E-state index contributed by atoms with van der Waals surface area (Å²) in [4.78, 5) is 25.8. The fourth-order valence-electron chi connectivity index (χ4n) is 1.38. The Kier molecular flexibility index (Phi) is 4.35. The minimum absolute atomic E-state index is 0.0352. The number of rotatable bonds is 4. The first-order valence-electron chi connectivity index (χ1n) is 5.18. The molecule has 1 heterocycles. The van der Waals surface area contributed by atoms with Gasteiger partial charge >= 0.3 is 5.97 Å². The fraction of sp³-hybridized carbons (Fsp3) is 0.333. The second-order valence-corrected chi connectivity index (χ2v) is 3.35. The molecule has 0 aliphatic heterocycles. The molecule has 0 saturated carbocycles. The van der Waals surface area contributed by atoms with Gasteiger partial charge in [0.25, 0.3) is 0 Å². The zero-order valence-electron chi connectivity index (χ0n) is 9.79. The van der Waals surface area contributed by atoms with Crippen LogP contribution in [0.15, 0.2) is 6.20 Å². The predicted octanol–water partition coefficient (Wildman–Crippen LogP) is 1.46. The highest BCUT2D eigenvalue weighted by Crippen LogP contribution is 2.20. The van der Waals surface area contributed by atoms with Crippen molar-refractivity contribution < 1.29 is 14.3 Å². The van der Waals surface area contributed by atoms with Crippen LogP contribution in [0, 0.1) is 19.3 Å². The molecule has 0 radical (unpaired) electrons. The van der Waals surface area contributed by atoms with Crippen LogP contribution in [0.4, 0.5) is 5.69 Å². The first kappa shape index (κ1) is 12.8. The van der Waals surface area contributed by atoms with Gasteiger partial charge in [-0.3, -0.25) is 4.79 Å². The van der Waals surface area contributed by atoms with E-state index in [-0.39, 0.29) is 18.9 Å². The maximum Gasteiger partial charge on any atom is 0.342 e. The van der Waals surface area contributed by atoms with Gasteiger partial charge in [0.1, 0.15) is 5.56 Å². The lowest BCUT2D eigenvalue weighted by atomic mass is 10.2. The van der Waals surface area contributed by atoms with E-state index in [1.54, 1.807) is 13.8 Å². The molecule has 0 aromatic carbocycles. The summed E-state index contributed by atoms with van der Waals surface area (Å²) in [6.07, 6.45) is 6.53. The Hall–Kier alpha value is -2.22. The lowest BCUT2D eigenvalue weighted by Crippen LogP contribution is -2.14. The van der Waals surface area contributed by atoms with Gasteiger partial charge in [-0.2, -0.15) is 0 Å². The van der Waals surface area contributed by atoms with Crippen molar-refractivity contribution in [2.75, 3.05) is 11.9 Å². The van der Waals surface area contributed by atoms with Crippen LogP contribution in [0.5, 0.6) is 0 Å². The van der Waals surface area contributed by atoms with Crippen molar-refractivity contribution in [1.29, 1.82) is 0 Å². The molecule has 90 valence electrons. The van der Waals surface area contributed by atoms with Crippen molar-refractivity contribution >= 4 is 17.6 Å². The summed E-state index contributed by atoms with van der Waals surface area (Å²) in [6.45, 7) is 3.72. The van der Waals surface area contributed by atoms with E-state index in [2.05, 4.69) is 16.2 Å². The summed E-state index contributed by atoms with van der Waals surface area (Å²) < 4.78 is 4.90. The van der Waals surface area contributed by atoms with Crippen LogP contribution in [0.1, 0.15) is 29.4 Å². The van der Waals surface area contributed by atoms with Crippen molar-refractivity contribution in [3.8, 4) is 12.3 Å². The number of hydrogen-bond donors (Lipinski definition) is 2. The van der Waals surface area contributed by atoms with Gasteiger partial charge in [0.05, 0.1) is 18.7 Å². The van der Waals surface area contributed by atoms with E-state index in [0.29, 0.717) is 16.9 Å². The summed E-state index contributed by atoms with van der Waals surface area (Å²) in [5.41, 5.74) is 1.36. The van der Waals surface area contributed by atoms with Gasteiger partial charge in [0.15, 0.2) is 0 Å². The SMILES string of the molecule is C#CCC(=O)Nc1c[nH]c(C)c1C(=O)OCC. The van der Waals surface area contributed by atoms with Gasteiger partial charge in [0.2, 0.25) is 5.91 Å². The topological polar surface area (TPSA) is 71.2 Å². The molecular weight excluding hydrogens is 220 g/mol. The van der Waals surface area contributed by atoms with Crippen LogP contribution in [0.25, 0.3) is 0 Å². The molecule has 0 saturated heterocycles. The monoisotopic (exact) mass is 234 g/mol. The summed E-state index contributed by atoms with van der Waals surface area (Å²) in [6, 6.07) is 0. The molecule has 1 amide bonds. The minimum atomic E-state index is -0.470. The number of aromatic amines is 1. The van der Waals surface area contributed by atoms with Crippen LogP contribution in [-0.4, -0.2) is 23.5 Å². The van der Waals surface area contributed by atoms with Gasteiger partial charge in [-0.15, -0.1) is 6.42 Å². The average Bonchev–Trinajstić information content (AvgIpc) is 2.60. The highest BCUT2D eigenvalue weighted by atomic mass is 16.5. The van der Waals surface area contributed by atoms with Gasteiger partial charge < -0.3 is 15.0 Å². The van der Waals surface area contributed by atoms with Crippen molar-refractivity contribution in [2.45, 2.75) is 20.3 Å². The summed E-state index contributed by atoms with van der Waals surface area (Å²) in [5, 5.41) is 2.56. The highest BCUT2D eigenvalue weighted by Gasteiger charge is 2.18. The summed E-state index contributed by atoms with van der Waals surface area (Å²) in [5.74, 6) is 1.42. The molecule has 1 aromatic rings. The van der Waals surface area contributed by atoms with Crippen LogP contribution < -0.4 is 5.32 Å². The number of terminal acetylenes is 1. The van der Waals surface area contributed by atoms with Crippen molar-refractivity contribution in [2.24, 2.45) is 0 Å². The van der Waals surface area contributed by atoms with Gasteiger partial charge in [-0.25, -0.2) is 4.79 Å². The van der Waals surface area contributed by atoms with E-state index in [9.17, 15) is 9.59 Å². The Morgan fingerprint density at radius 1 is 1.59 bits per heavy atom. The minimum Gasteiger partial charge on any atom is -0.462 e. The molecule has 1 rings (SSSR count). The van der Waals surface area contributed by atoms with Crippen molar-refractivity contribution in [3.63, 3.8) is 0 Å². The summed E-state index contributed by atoms with van der Waals surface area (Å²) >= 11 is 0. The molecule has 0 aliphatic carbocycles. The first-order valence-corrected chi connectivity index (χ1v) is 5.18. The first-order chi connectivity index (χ1) is 8.10. The Bertz CT molecular complexity index is 469. The quantitative estimate of drug-likeness (QED) is 0.612. The molecule has 0 spiro atoms. The standard InChI is InChI=1S/C12H14N2O3/c1-4-6-10(15)14-9-7-13-8(3)11(9)12(16)17-5-2/h1,7,13H,5-6H2,2-3H3,(H,14,15).